The zero-order valence-electron chi connectivity index (χ0n) is 16.7. The van der Waals surface area contributed by atoms with E-state index in [0.29, 0.717) is 23.0 Å². The Kier molecular flexibility index (Phi) is 7.31. The minimum atomic E-state index is -4.93. The molecular weight excluding hydrogens is 403 g/mol. The van der Waals surface area contributed by atoms with Crippen LogP contribution in [0.2, 0.25) is 0 Å². The molecular formula is C21H22F3NO5. The molecule has 1 N–H and O–H groups in total. The first-order valence-electron chi connectivity index (χ1n) is 9.02. The van der Waals surface area contributed by atoms with Gasteiger partial charge in [0.15, 0.2) is 17.8 Å². The quantitative estimate of drug-likeness (QED) is 0.501. The highest BCUT2D eigenvalue weighted by Crippen LogP contribution is 2.36. The van der Waals surface area contributed by atoms with Crippen LogP contribution in [0.5, 0.6) is 11.5 Å². The fourth-order valence-corrected chi connectivity index (χ4v) is 2.49. The lowest BCUT2D eigenvalue weighted by Crippen LogP contribution is -2.34. The summed E-state index contributed by atoms with van der Waals surface area (Å²) in [6, 6.07) is 10.5. The van der Waals surface area contributed by atoms with Gasteiger partial charge in [-0.25, -0.2) is 4.79 Å². The Balaban J connectivity index is 2.15. The van der Waals surface area contributed by atoms with Crippen LogP contribution in [0.3, 0.4) is 0 Å². The van der Waals surface area contributed by atoms with Crippen LogP contribution in [0.1, 0.15) is 31.1 Å². The molecule has 0 unspecified atom stereocenters. The number of benzene rings is 2. The summed E-state index contributed by atoms with van der Waals surface area (Å²) in [5.74, 6) is -0.719. The van der Waals surface area contributed by atoms with Crippen LogP contribution in [0.25, 0.3) is 11.1 Å². The highest BCUT2D eigenvalue weighted by Gasteiger charge is 2.32. The fourth-order valence-electron chi connectivity index (χ4n) is 2.49. The van der Waals surface area contributed by atoms with Gasteiger partial charge in [0.25, 0.3) is 0 Å². The molecule has 0 heterocycles. The van der Waals surface area contributed by atoms with Crippen LogP contribution >= 0.6 is 0 Å². The van der Waals surface area contributed by atoms with Crippen molar-refractivity contribution in [3.8, 4) is 22.6 Å². The number of ether oxygens (including phenoxy) is 3. The van der Waals surface area contributed by atoms with Gasteiger partial charge < -0.3 is 19.5 Å². The van der Waals surface area contributed by atoms with Gasteiger partial charge in [0.1, 0.15) is 12.2 Å². The Bertz CT molecular complexity index is 891. The highest BCUT2D eigenvalue weighted by molar-refractivity contribution is 5.88. The third-order valence-electron chi connectivity index (χ3n) is 3.60. The van der Waals surface area contributed by atoms with Crippen molar-refractivity contribution >= 4 is 12.4 Å². The van der Waals surface area contributed by atoms with E-state index < -0.39 is 23.8 Å². The van der Waals surface area contributed by atoms with Gasteiger partial charge in [0.2, 0.25) is 0 Å². The molecule has 6 nitrogen and oxygen atoms in total. The number of alkyl carbamates (subject to hydrolysis) is 1. The van der Waals surface area contributed by atoms with Crippen molar-refractivity contribution in [1.29, 1.82) is 0 Å². The summed E-state index contributed by atoms with van der Waals surface area (Å²) in [5.41, 5.74) is 0.464. The van der Waals surface area contributed by atoms with Gasteiger partial charge in [0, 0.05) is 5.56 Å². The van der Waals surface area contributed by atoms with Crippen molar-refractivity contribution in [2.45, 2.75) is 32.7 Å². The second-order valence-corrected chi connectivity index (χ2v) is 7.19. The smallest absolute Gasteiger partial charge is 0.488 e. The van der Waals surface area contributed by atoms with Crippen LogP contribution < -0.4 is 14.8 Å². The van der Waals surface area contributed by atoms with Gasteiger partial charge in [-0.05, 0) is 44.0 Å². The molecule has 0 aliphatic rings. The number of halogens is 3. The van der Waals surface area contributed by atoms with Crippen LogP contribution in [-0.2, 0) is 4.74 Å². The Labute approximate surface area is 171 Å². The molecule has 30 heavy (non-hydrogen) atoms. The third-order valence-corrected chi connectivity index (χ3v) is 3.60. The van der Waals surface area contributed by atoms with Crippen LogP contribution in [0.4, 0.5) is 18.0 Å². The number of carbonyl (C=O) groups excluding carboxylic acids is 2. The normalized spacial score (nSPS) is 11.5. The molecule has 1 amide bonds. The van der Waals surface area contributed by atoms with Crippen molar-refractivity contribution in [3.63, 3.8) is 0 Å². The Morgan fingerprint density at radius 2 is 1.77 bits per heavy atom. The van der Waals surface area contributed by atoms with E-state index in [1.807, 2.05) is 0 Å². The van der Waals surface area contributed by atoms with Gasteiger partial charge in [-0.15, -0.1) is 13.2 Å². The molecule has 0 aliphatic carbocycles. The van der Waals surface area contributed by atoms with Gasteiger partial charge in [0.05, 0.1) is 6.54 Å². The van der Waals surface area contributed by atoms with E-state index in [1.54, 1.807) is 45.0 Å². The molecule has 0 fully saturated rings. The molecule has 9 heteroatoms. The molecule has 2 aromatic rings. The van der Waals surface area contributed by atoms with Gasteiger partial charge in [-0.2, -0.15) is 0 Å². The van der Waals surface area contributed by atoms with E-state index in [4.69, 9.17) is 9.47 Å². The highest BCUT2D eigenvalue weighted by atomic mass is 19.4. The number of hydrogen-bond donors (Lipinski definition) is 1. The first-order chi connectivity index (χ1) is 14.0. The lowest BCUT2D eigenvalue weighted by Gasteiger charge is -2.20. The number of nitrogens with one attached hydrogen (secondary N) is 1. The summed E-state index contributed by atoms with van der Waals surface area (Å²) >= 11 is 0. The first-order valence-corrected chi connectivity index (χ1v) is 9.02. The van der Waals surface area contributed by atoms with E-state index in [-0.39, 0.29) is 18.9 Å². The lowest BCUT2D eigenvalue weighted by atomic mass is 10.00. The van der Waals surface area contributed by atoms with Crippen molar-refractivity contribution in [1.82, 2.24) is 5.32 Å². The molecule has 0 atom stereocenters. The minimum Gasteiger partial charge on any atom is -0.488 e. The SMILES string of the molecule is CC(C)(C)OC(=O)NCCOc1ccc(-c2ccccc2C=O)cc1OC(F)(F)F. The molecule has 0 radical (unpaired) electrons. The second kappa shape index (κ2) is 9.51. The summed E-state index contributed by atoms with van der Waals surface area (Å²) in [5, 5.41) is 2.44. The number of rotatable bonds is 7. The zero-order chi connectivity index (χ0) is 22.4. The number of aldehydes is 1. The van der Waals surface area contributed by atoms with Crippen LogP contribution in [0.15, 0.2) is 42.5 Å². The summed E-state index contributed by atoms with van der Waals surface area (Å²) in [4.78, 5) is 22.8. The minimum absolute atomic E-state index is 0.0100. The molecule has 0 bridgehead atoms. The van der Waals surface area contributed by atoms with Crippen LogP contribution in [0, 0.1) is 0 Å². The van der Waals surface area contributed by atoms with Gasteiger partial charge in [-0.3, -0.25) is 4.79 Å². The van der Waals surface area contributed by atoms with Crippen molar-refractivity contribution in [2.75, 3.05) is 13.2 Å². The molecule has 0 saturated carbocycles. The summed E-state index contributed by atoms with van der Waals surface area (Å²) < 4.78 is 53.0. The molecule has 0 aliphatic heterocycles. The maximum absolute atomic E-state index is 12.8. The molecule has 0 spiro atoms. The zero-order valence-corrected chi connectivity index (χ0v) is 16.7. The van der Waals surface area contributed by atoms with E-state index in [0.717, 1.165) is 6.07 Å². The van der Waals surface area contributed by atoms with Gasteiger partial charge >= 0.3 is 12.5 Å². The molecule has 2 rings (SSSR count). The van der Waals surface area contributed by atoms with Crippen molar-refractivity contribution in [2.24, 2.45) is 0 Å². The summed E-state index contributed by atoms with van der Waals surface area (Å²) in [6.45, 7) is 5.00. The van der Waals surface area contributed by atoms with E-state index in [2.05, 4.69) is 10.1 Å². The standard InChI is InChI=1S/C21H22F3NO5/c1-20(2,3)30-19(27)25-10-11-28-17-9-8-14(12-18(17)29-21(22,23)24)16-7-5-4-6-15(16)13-26/h4-9,12-13H,10-11H2,1-3H3,(H,25,27). The monoisotopic (exact) mass is 425 g/mol. The maximum atomic E-state index is 12.8. The van der Waals surface area contributed by atoms with Gasteiger partial charge in [-0.1, -0.05) is 30.3 Å². The number of carbonyl (C=O) groups is 2. The average molecular weight is 425 g/mol. The van der Waals surface area contributed by atoms with E-state index in [1.165, 1.54) is 12.1 Å². The Morgan fingerprint density at radius 1 is 1.07 bits per heavy atom. The fraction of sp³-hybridized carbons (Fsp3) is 0.333. The largest absolute Gasteiger partial charge is 0.573 e. The van der Waals surface area contributed by atoms with Crippen LogP contribution in [-0.4, -0.2) is 37.5 Å². The topological polar surface area (TPSA) is 73.9 Å². The number of alkyl halides is 3. The lowest BCUT2D eigenvalue weighted by molar-refractivity contribution is -0.275. The Hall–Kier alpha value is -3.23. The third kappa shape index (κ3) is 7.31. The predicted molar refractivity (Wildman–Crippen MR) is 104 cm³/mol. The number of hydrogen-bond acceptors (Lipinski definition) is 5. The second-order valence-electron chi connectivity index (χ2n) is 7.19. The maximum Gasteiger partial charge on any atom is 0.573 e. The summed E-state index contributed by atoms with van der Waals surface area (Å²) in [6.07, 6.45) is -4.99. The molecule has 2 aromatic carbocycles. The molecule has 162 valence electrons. The summed E-state index contributed by atoms with van der Waals surface area (Å²) in [7, 11) is 0. The van der Waals surface area contributed by atoms with E-state index in [9.17, 15) is 22.8 Å². The predicted octanol–water partition coefficient (Wildman–Crippen LogP) is 4.97. The average Bonchev–Trinajstić information content (AvgIpc) is 2.63. The van der Waals surface area contributed by atoms with Crippen molar-refractivity contribution in [3.05, 3.63) is 48.0 Å². The van der Waals surface area contributed by atoms with E-state index >= 15 is 0 Å². The molecule has 0 aromatic heterocycles. The molecule has 0 saturated heterocycles. The number of amides is 1. The Morgan fingerprint density at radius 3 is 2.40 bits per heavy atom. The van der Waals surface area contributed by atoms with Crippen molar-refractivity contribution < 1.29 is 37.0 Å². The first kappa shape index (κ1) is 23.1.